The summed E-state index contributed by atoms with van der Waals surface area (Å²) < 4.78 is 5.31. The van der Waals surface area contributed by atoms with Crippen LogP contribution in [0.3, 0.4) is 0 Å². The Labute approximate surface area is 117 Å². The first-order chi connectivity index (χ1) is 9.74. The van der Waals surface area contributed by atoms with Gasteiger partial charge < -0.3 is 10.1 Å². The van der Waals surface area contributed by atoms with E-state index in [4.69, 9.17) is 4.74 Å². The number of nitrogens with zero attached hydrogens (tertiary/aromatic N) is 1. The Morgan fingerprint density at radius 1 is 1.30 bits per heavy atom. The van der Waals surface area contributed by atoms with Crippen LogP contribution in [0.2, 0.25) is 0 Å². The fourth-order valence-corrected chi connectivity index (χ4v) is 2.87. The molecule has 6 heteroatoms. The minimum atomic E-state index is -0.372. The lowest BCUT2D eigenvalue weighted by atomic mass is 10.1. The molecule has 2 aliphatic rings. The Balaban J connectivity index is 1.62. The molecule has 3 rings (SSSR count). The summed E-state index contributed by atoms with van der Waals surface area (Å²) in [4.78, 5) is 23.2. The Morgan fingerprint density at radius 2 is 2.15 bits per heavy atom. The van der Waals surface area contributed by atoms with Crippen molar-refractivity contribution in [1.82, 2.24) is 15.5 Å². The van der Waals surface area contributed by atoms with Crippen LogP contribution in [0.4, 0.5) is 0 Å². The Morgan fingerprint density at radius 3 is 2.95 bits per heavy atom. The number of nitrogens with one attached hydrogen (secondary N) is 2. The average Bonchev–Trinajstić information content (AvgIpc) is 2.96. The highest BCUT2D eigenvalue weighted by atomic mass is 16.5. The molecule has 0 bridgehead atoms. The third-order valence-electron chi connectivity index (χ3n) is 4.01. The average molecular weight is 277 g/mol. The smallest absolute Gasteiger partial charge is 0.359 e. The van der Waals surface area contributed by atoms with Crippen LogP contribution in [0.15, 0.2) is 0 Å². The van der Waals surface area contributed by atoms with Gasteiger partial charge in [-0.05, 0) is 25.7 Å². The third-order valence-corrected chi connectivity index (χ3v) is 4.01. The van der Waals surface area contributed by atoms with E-state index in [-0.39, 0.29) is 24.4 Å². The molecule has 6 nitrogen and oxygen atoms in total. The standard InChI is InChI=1S/C14H19N3O3/c18-12-6-9(7-15-12)8-20-14(19)13-10-4-2-1-3-5-11(10)16-17-13/h9H,1-8H2,(H,15,18)(H,16,17). The van der Waals surface area contributed by atoms with Gasteiger partial charge in [-0.2, -0.15) is 5.10 Å². The number of fused-ring (bicyclic) bond motifs is 1. The highest BCUT2D eigenvalue weighted by molar-refractivity contribution is 5.89. The van der Waals surface area contributed by atoms with Crippen LogP contribution in [-0.2, 0) is 22.4 Å². The zero-order valence-electron chi connectivity index (χ0n) is 11.4. The number of rotatable bonds is 3. The zero-order valence-corrected chi connectivity index (χ0v) is 11.4. The van der Waals surface area contributed by atoms with Crippen LogP contribution in [0.25, 0.3) is 0 Å². The van der Waals surface area contributed by atoms with Crippen molar-refractivity contribution in [1.29, 1.82) is 0 Å². The molecule has 108 valence electrons. The maximum Gasteiger partial charge on any atom is 0.359 e. The maximum absolute atomic E-state index is 12.1. The number of H-pyrrole nitrogens is 1. The molecule has 1 amide bonds. The van der Waals surface area contributed by atoms with Crippen molar-refractivity contribution in [3.8, 4) is 0 Å². The summed E-state index contributed by atoms with van der Waals surface area (Å²) in [6, 6.07) is 0. The lowest BCUT2D eigenvalue weighted by Gasteiger charge is -2.08. The lowest BCUT2D eigenvalue weighted by Crippen LogP contribution is -2.18. The van der Waals surface area contributed by atoms with E-state index >= 15 is 0 Å². The second-order valence-electron chi connectivity index (χ2n) is 5.56. The molecule has 0 radical (unpaired) electrons. The van der Waals surface area contributed by atoms with Crippen molar-refractivity contribution in [3.63, 3.8) is 0 Å². The predicted molar refractivity (Wildman–Crippen MR) is 71.2 cm³/mol. The van der Waals surface area contributed by atoms with Crippen LogP contribution in [-0.4, -0.2) is 35.2 Å². The molecule has 0 spiro atoms. The van der Waals surface area contributed by atoms with Crippen LogP contribution in [0.1, 0.15) is 47.4 Å². The largest absolute Gasteiger partial charge is 0.461 e. The minimum Gasteiger partial charge on any atom is -0.461 e. The number of amides is 1. The molecular formula is C14H19N3O3. The molecule has 0 aromatic carbocycles. The molecular weight excluding hydrogens is 258 g/mol. The Kier molecular flexibility index (Phi) is 3.71. The summed E-state index contributed by atoms with van der Waals surface area (Å²) in [5.41, 5.74) is 2.53. The second kappa shape index (κ2) is 5.64. The van der Waals surface area contributed by atoms with Gasteiger partial charge >= 0.3 is 5.97 Å². The van der Waals surface area contributed by atoms with Crippen LogP contribution >= 0.6 is 0 Å². The van der Waals surface area contributed by atoms with E-state index in [0.717, 1.165) is 36.9 Å². The molecule has 0 saturated carbocycles. The van der Waals surface area contributed by atoms with Crippen LogP contribution in [0, 0.1) is 5.92 Å². The molecule has 1 unspecified atom stereocenters. The van der Waals surface area contributed by atoms with Crippen molar-refractivity contribution < 1.29 is 14.3 Å². The summed E-state index contributed by atoms with van der Waals surface area (Å²) in [6.45, 7) is 0.865. The summed E-state index contributed by atoms with van der Waals surface area (Å²) in [5, 5.41) is 9.82. The number of carbonyl (C=O) groups is 2. The summed E-state index contributed by atoms with van der Waals surface area (Å²) in [5.74, 6) is -0.257. The molecule has 1 atom stereocenters. The molecule has 1 aliphatic carbocycles. The molecule has 1 aliphatic heterocycles. The van der Waals surface area contributed by atoms with Gasteiger partial charge in [0.05, 0.1) is 6.61 Å². The number of hydrogen-bond acceptors (Lipinski definition) is 4. The summed E-state index contributed by atoms with van der Waals surface area (Å²) in [7, 11) is 0. The Bertz CT molecular complexity index is 524. The number of ether oxygens (including phenoxy) is 1. The van der Waals surface area contributed by atoms with Gasteiger partial charge in [0.1, 0.15) is 0 Å². The first kappa shape index (κ1) is 13.1. The van der Waals surface area contributed by atoms with Crippen molar-refractivity contribution in [2.75, 3.05) is 13.2 Å². The van der Waals surface area contributed by atoms with E-state index in [1.54, 1.807) is 0 Å². The second-order valence-corrected chi connectivity index (χ2v) is 5.56. The molecule has 2 heterocycles. The van der Waals surface area contributed by atoms with E-state index in [1.807, 2.05) is 0 Å². The summed E-state index contributed by atoms with van der Waals surface area (Å²) in [6.07, 6.45) is 5.70. The maximum atomic E-state index is 12.1. The van der Waals surface area contributed by atoms with Gasteiger partial charge in [-0.15, -0.1) is 0 Å². The van der Waals surface area contributed by atoms with Gasteiger partial charge in [0.2, 0.25) is 5.91 Å². The first-order valence-electron chi connectivity index (χ1n) is 7.24. The number of aromatic amines is 1. The van der Waals surface area contributed by atoms with Crippen molar-refractivity contribution >= 4 is 11.9 Å². The predicted octanol–water partition coefficient (Wildman–Crippen LogP) is 0.972. The minimum absolute atomic E-state index is 0.0275. The molecule has 20 heavy (non-hydrogen) atoms. The van der Waals surface area contributed by atoms with E-state index in [9.17, 15) is 9.59 Å². The van der Waals surface area contributed by atoms with E-state index in [1.165, 1.54) is 6.42 Å². The third kappa shape index (κ3) is 2.69. The fraction of sp³-hybridized carbons (Fsp3) is 0.643. The number of esters is 1. The van der Waals surface area contributed by atoms with E-state index in [0.29, 0.717) is 18.7 Å². The van der Waals surface area contributed by atoms with Gasteiger partial charge in [-0.25, -0.2) is 4.79 Å². The van der Waals surface area contributed by atoms with Gasteiger partial charge in [0.15, 0.2) is 5.69 Å². The zero-order chi connectivity index (χ0) is 13.9. The topological polar surface area (TPSA) is 84.1 Å². The molecule has 1 fully saturated rings. The van der Waals surface area contributed by atoms with Crippen molar-refractivity contribution in [2.45, 2.75) is 38.5 Å². The van der Waals surface area contributed by atoms with Crippen LogP contribution < -0.4 is 5.32 Å². The number of hydrogen-bond donors (Lipinski definition) is 2. The quantitative estimate of drug-likeness (QED) is 0.637. The molecule has 1 aromatic heterocycles. The number of aromatic nitrogens is 2. The van der Waals surface area contributed by atoms with Crippen molar-refractivity contribution in [3.05, 3.63) is 17.0 Å². The van der Waals surface area contributed by atoms with Gasteiger partial charge in [0.25, 0.3) is 0 Å². The van der Waals surface area contributed by atoms with E-state index < -0.39 is 0 Å². The monoisotopic (exact) mass is 277 g/mol. The van der Waals surface area contributed by atoms with Crippen LogP contribution in [0.5, 0.6) is 0 Å². The fourth-order valence-electron chi connectivity index (χ4n) is 2.87. The van der Waals surface area contributed by atoms with E-state index in [2.05, 4.69) is 15.5 Å². The molecule has 1 aromatic rings. The number of aryl methyl sites for hydroxylation is 1. The van der Waals surface area contributed by atoms with Gasteiger partial charge in [0, 0.05) is 30.1 Å². The number of carbonyl (C=O) groups excluding carboxylic acids is 2. The highest BCUT2D eigenvalue weighted by Crippen LogP contribution is 2.22. The Hall–Kier alpha value is -1.85. The highest BCUT2D eigenvalue weighted by Gasteiger charge is 2.25. The summed E-state index contributed by atoms with van der Waals surface area (Å²) >= 11 is 0. The SMILES string of the molecule is O=C1CC(COC(=O)c2n[nH]c3c2CCCCC3)CN1. The molecule has 2 N–H and O–H groups in total. The van der Waals surface area contributed by atoms with Gasteiger partial charge in [-0.3, -0.25) is 9.89 Å². The van der Waals surface area contributed by atoms with Crippen molar-refractivity contribution in [2.24, 2.45) is 5.92 Å². The first-order valence-corrected chi connectivity index (χ1v) is 7.24. The van der Waals surface area contributed by atoms with Gasteiger partial charge in [-0.1, -0.05) is 6.42 Å². The normalized spacial score (nSPS) is 22.0. The molecule has 1 saturated heterocycles. The lowest BCUT2D eigenvalue weighted by molar-refractivity contribution is -0.119.